The van der Waals surface area contributed by atoms with Gasteiger partial charge in [0.05, 0.1) is 25.1 Å². The highest BCUT2D eigenvalue weighted by molar-refractivity contribution is 8.00. The molecule has 0 spiro atoms. The number of thioether (sulfide) groups is 1. The summed E-state index contributed by atoms with van der Waals surface area (Å²) in [6.07, 6.45) is 2.34. The average Bonchev–Trinajstić information content (AvgIpc) is 2.77. The molecular weight excluding hydrogens is 216 g/mol. The van der Waals surface area contributed by atoms with E-state index in [1.54, 1.807) is 10.8 Å². The number of ether oxygens (including phenoxy) is 1. The van der Waals surface area contributed by atoms with Gasteiger partial charge in [-0.25, -0.2) is 4.98 Å². The normalized spacial score (nSPS) is 20.7. The Bertz CT molecular complexity index is 377. The van der Waals surface area contributed by atoms with Crippen molar-refractivity contribution < 1.29 is 14.6 Å². The Morgan fingerprint density at radius 1 is 1.80 bits per heavy atom. The van der Waals surface area contributed by atoms with Crippen molar-refractivity contribution in [3.63, 3.8) is 0 Å². The smallest absolute Gasteiger partial charge is 0.319 e. The number of aromatic nitrogens is 2. The zero-order valence-corrected chi connectivity index (χ0v) is 9.16. The van der Waals surface area contributed by atoms with Gasteiger partial charge in [0.25, 0.3) is 0 Å². The molecule has 0 saturated carbocycles. The minimum absolute atomic E-state index is 0.0425. The molecule has 6 heteroatoms. The van der Waals surface area contributed by atoms with Crippen LogP contribution in [0.2, 0.25) is 0 Å². The molecule has 82 valence electrons. The van der Waals surface area contributed by atoms with Gasteiger partial charge in [0.15, 0.2) is 5.16 Å². The molecule has 1 saturated heterocycles. The first kappa shape index (κ1) is 10.5. The molecule has 1 aromatic heterocycles. The predicted octanol–water partition coefficient (Wildman–Crippen LogP) is 0.320. The number of carbonyl (C=O) groups is 1. The van der Waals surface area contributed by atoms with E-state index in [1.807, 2.05) is 7.05 Å². The molecule has 2 heterocycles. The third kappa shape index (κ3) is 2.00. The van der Waals surface area contributed by atoms with Crippen molar-refractivity contribution in [2.75, 3.05) is 6.61 Å². The highest BCUT2D eigenvalue weighted by Gasteiger charge is 2.28. The fourth-order valence-corrected chi connectivity index (χ4v) is 2.42. The maximum absolute atomic E-state index is 11.2. The quantitative estimate of drug-likeness (QED) is 0.755. The van der Waals surface area contributed by atoms with Crippen molar-refractivity contribution in [1.29, 1.82) is 0 Å². The zero-order valence-electron chi connectivity index (χ0n) is 8.34. The molecule has 1 N–H and O–H groups in total. The summed E-state index contributed by atoms with van der Waals surface area (Å²) in [5.41, 5.74) is 0.740. The summed E-state index contributed by atoms with van der Waals surface area (Å²) >= 11 is 1.39. The van der Waals surface area contributed by atoms with Crippen molar-refractivity contribution in [3.05, 3.63) is 11.9 Å². The van der Waals surface area contributed by atoms with Gasteiger partial charge in [0, 0.05) is 13.5 Å². The van der Waals surface area contributed by atoms with Crippen molar-refractivity contribution in [2.24, 2.45) is 7.05 Å². The lowest BCUT2D eigenvalue weighted by molar-refractivity contribution is -0.137. The summed E-state index contributed by atoms with van der Waals surface area (Å²) < 4.78 is 6.65. The van der Waals surface area contributed by atoms with Gasteiger partial charge >= 0.3 is 5.97 Å². The summed E-state index contributed by atoms with van der Waals surface area (Å²) in [4.78, 5) is 15.4. The molecule has 1 aliphatic rings. The van der Waals surface area contributed by atoms with E-state index < -0.39 is 0 Å². The van der Waals surface area contributed by atoms with Gasteiger partial charge in [0.1, 0.15) is 5.25 Å². The topological polar surface area (TPSA) is 64.3 Å². The average molecular weight is 228 g/mol. The van der Waals surface area contributed by atoms with Crippen LogP contribution in [0.25, 0.3) is 0 Å². The van der Waals surface area contributed by atoms with E-state index in [9.17, 15) is 4.79 Å². The molecule has 0 amide bonds. The monoisotopic (exact) mass is 228 g/mol. The summed E-state index contributed by atoms with van der Waals surface area (Å²) in [6.45, 7) is 0.451. The standard InChI is InChI=1S/C9H12N2O3S/c1-11-6(5-12)4-10-9(11)15-7-2-3-14-8(7)13/h4,7,12H,2-3,5H2,1H3. The first-order valence-corrected chi connectivity index (χ1v) is 5.55. The Balaban J connectivity index is 2.10. The molecule has 1 aliphatic heterocycles. The lowest BCUT2D eigenvalue weighted by atomic mass is 10.4. The van der Waals surface area contributed by atoms with Crippen LogP contribution in [-0.2, 0) is 23.2 Å². The number of carbonyl (C=O) groups excluding carboxylic acids is 1. The van der Waals surface area contributed by atoms with Crippen molar-refractivity contribution in [1.82, 2.24) is 9.55 Å². The third-order valence-corrected chi connectivity index (χ3v) is 3.64. The van der Waals surface area contributed by atoms with Gasteiger partial charge in [-0.05, 0) is 0 Å². The maximum atomic E-state index is 11.2. The Morgan fingerprint density at radius 3 is 3.13 bits per heavy atom. The van der Waals surface area contributed by atoms with Crippen LogP contribution in [0.4, 0.5) is 0 Å². The number of imidazole rings is 1. The van der Waals surface area contributed by atoms with Crippen LogP contribution in [0.5, 0.6) is 0 Å². The molecule has 0 radical (unpaired) electrons. The SMILES string of the molecule is Cn1c(CO)cnc1SC1CCOC1=O. The number of rotatable bonds is 3. The second kappa shape index (κ2) is 4.24. The van der Waals surface area contributed by atoms with Gasteiger partial charge in [-0.15, -0.1) is 0 Å². The first-order valence-electron chi connectivity index (χ1n) is 4.67. The molecule has 15 heavy (non-hydrogen) atoms. The molecule has 1 fully saturated rings. The van der Waals surface area contributed by atoms with Gasteiger partial charge in [-0.2, -0.15) is 0 Å². The molecule has 1 atom stereocenters. The van der Waals surface area contributed by atoms with E-state index in [-0.39, 0.29) is 17.8 Å². The molecule has 2 rings (SSSR count). The summed E-state index contributed by atoms with van der Waals surface area (Å²) in [6, 6.07) is 0. The van der Waals surface area contributed by atoms with Gasteiger partial charge in [-0.3, -0.25) is 4.79 Å². The van der Waals surface area contributed by atoms with E-state index in [2.05, 4.69) is 4.98 Å². The lowest BCUT2D eigenvalue weighted by Crippen LogP contribution is -2.11. The minimum atomic E-state index is -0.173. The first-order chi connectivity index (χ1) is 7.22. The predicted molar refractivity (Wildman–Crippen MR) is 54.4 cm³/mol. The number of nitrogens with zero attached hydrogens (tertiary/aromatic N) is 2. The molecule has 0 aliphatic carbocycles. The van der Waals surface area contributed by atoms with E-state index in [1.165, 1.54) is 11.8 Å². The van der Waals surface area contributed by atoms with Crippen LogP contribution < -0.4 is 0 Å². The van der Waals surface area contributed by atoms with Crippen LogP contribution in [-0.4, -0.2) is 32.5 Å². The van der Waals surface area contributed by atoms with E-state index in [4.69, 9.17) is 9.84 Å². The summed E-state index contributed by atoms with van der Waals surface area (Å²) in [5, 5.41) is 9.57. The van der Waals surface area contributed by atoms with Crippen LogP contribution >= 0.6 is 11.8 Å². The van der Waals surface area contributed by atoms with Crippen LogP contribution in [0.15, 0.2) is 11.4 Å². The molecule has 0 bridgehead atoms. The zero-order chi connectivity index (χ0) is 10.8. The summed E-state index contributed by atoms with van der Waals surface area (Å²) in [7, 11) is 1.82. The van der Waals surface area contributed by atoms with Crippen LogP contribution in [0, 0.1) is 0 Å². The van der Waals surface area contributed by atoms with Gasteiger partial charge < -0.3 is 14.4 Å². The minimum Gasteiger partial charge on any atom is -0.465 e. The van der Waals surface area contributed by atoms with Gasteiger partial charge in [0.2, 0.25) is 0 Å². The lowest BCUT2D eigenvalue weighted by Gasteiger charge is -2.06. The van der Waals surface area contributed by atoms with Crippen molar-refractivity contribution in [2.45, 2.75) is 23.4 Å². The molecule has 5 nitrogen and oxygen atoms in total. The Hall–Kier alpha value is -1.01. The number of aliphatic hydroxyl groups is 1. The van der Waals surface area contributed by atoms with Crippen molar-refractivity contribution >= 4 is 17.7 Å². The Morgan fingerprint density at radius 2 is 2.60 bits per heavy atom. The highest BCUT2D eigenvalue weighted by atomic mass is 32.2. The maximum Gasteiger partial charge on any atom is 0.319 e. The van der Waals surface area contributed by atoms with E-state index >= 15 is 0 Å². The number of esters is 1. The second-order valence-corrected chi connectivity index (χ2v) is 4.48. The fraction of sp³-hybridized carbons (Fsp3) is 0.556. The van der Waals surface area contributed by atoms with E-state index in [0.29, 0.717) is 6.61 Å². The number of aliphatic hydroxyl groups excluding tert-OH is 1. The number of hydrogen-bond donors (Lipinski definition) is 1. The molecular formula is C9H12N2O3S. The van der Waals surface area contributed by atoms with Crippen LogP contribution in [0.3, 0.4) is 0 Å². The largest absolute Gasteiger partial charge is 0.465 e. The Kier molecular flexibility index (Phi) is 2.97. The molecule has 1 aromatic rings. The number of cyclic esters (lactones) is 1. The fourth-order valence-electron chi connectivity index (χ4n) is 1.39. The molecule has 1 unspecified atom stereocenters. The molecule has 0 aromatic carbocycles. The van der Waals surface area contributed by atoms with Crippen LogP contribution in [0.1, 0.15) is 12.1 Å². The van der Waals surface area contributed by atoms with E-state index in [0.717, 1.165) is 17.3 Å². The number of hydrogen-bond acceptors (Lipinski definition) is 5. The Labute approximate surface area is 91.4 Å². The second-order valence-electron chi connectivity index (χ2n) is 3.31. The highest BCUT2D eigenvalue weighted by Crippen LogP contribution is 2.28. The van der Waals surface area contributed by atoms with Gasteiger partial charge in [-0.1, -0.05) is 11.8 Å². The third-order valence-electron chi connectivity index (χ3n) is 2.34. The summed E-state index contributed by atoms with van der Waals surface area (Å²) in [5.74, 6) is -0.173. The van der Waals surface area contributed by atoms with Crippen molar-refractivity contribution in [3.8, 4) is 0 Å².